The molecule has 0 heterocycles. The van der Waals surface area contributed by atoms with Gasteiger partial charge < -0.3 is 5.11 Å². The molecule has 0 bridgehead atoms. The van der Waals surface area contributed by atoms with Crippen molar-refractivity contribution in [1.29, 1.82) is 0 Å². The van der Waals surface area contributed by atoms with Gasteiger partial charge in [-0.3, -0.25) is 0 Å². The van der Waals surface area contributed by atoms with E-state index in [9.17, 15) is 0 Å². The Hall–Kier alpha value is 1.22. The molecule has 0 amide bonds. The van der Waals surface area contributed by atoms with Gasteiger partial charge in [-0.15, -0.1) is 0 Å². The maximum atomic E-state index is 8.76. The Morgan fingerprint density at radius 2 is 0.438 bits per heavy atom. The molecule has 2 radical (unpaired) electrons. The van der Waals surface area contributed by atoms with E-state index in [1.807, 2.05) is 0 Å². The average molecular weight is 479 g/mol. The molecule has 0 atom stereocenters. The smallest absolute Gasteiger partial charge is 0.0431 e. The molecule has 0 aromatic rings. The summed E-state index contributed by atoms with van der Waals surface area (Å²) in [4.78, 5) is 0. The van der Waals surface area contributed by atoms with Crippen LogP contribution in [-0.2, 0) is 0 Å². The topological polar surface area (TPSA) is 20.2 Å². The molecule has 0 unspecified atom stereocenters. The SMILES string of the molecule is CCCCCCCCCCCCCCCCCCCCCCCCCCCCCCO.[Ca]. The van der Waals surface area contributed by atoms with Gasteiger partial charge in [-0.05, 0) is 6.42 Å². The van der Waals surface area contributed by atoms with Crippen molar-refractivity contribution >= 4 is 37.7 Å². The van der Waals surface area contributed by atoms with Gasteiger partial charge in [0, 0.05) is 44.3 Å². The van der Waals surface area contributed by atoms with Crippen LogP contribution in [0.5, 0.6) is 0 Å². The van der Waals surface area contributed by atoms with E-state index < -0.39 is 0 Å². The van der Waals surface area contributed by atoms with Crippen molar-refractivity contribution in [2.24, 2.45) is 0 Å². The molecule has 0 fully saturated rings. The fourth-order valence-electron chi connectivity index (χ4n) is 4.78. The van der Waals surface area contributed by atoms with Crippen LogP contribution in [0.3, 0.4) is 0 Å². The van der Waals surface area contributed by atoms with Gasteiger partial charge in [0.1, 0.15) is 0 Å². The minimum absolute atomic E-state index is 0. The van der Waals surface area contributed by atoms with Crippen LogP contribution in [0.1, 0.15) is 187 Å². The Balaban J connectivity index is 0. The van der Waals surface area contributed by atoms with Gasteiger partial charge in [0.05, 0.1) is 0 Å². The van der Waals surface area contributed by atoms with Gasteiger partial charge in [-0.25, -0.2) is 0 Å². The third kappa shape index (κ3) is 33.4. The molecule has 0 aromatic carbocycles. The van der Waals surface area contributed by atoms with Gasteiger partial charge in [0.25, 0.3) is 0 Å². The number of hydrogen-bond donors (Lipinski definition) is 1. The molecule has 1 N–H and O–H groups in total. The summed E-state index contributed by atoms with van der Waals surface area (Å²) in [5, 5.41) is 8.76. The summed E-state index contributed by atoms with van der Waals surface area (Å²) in [6.45, 7) is 2.68. The van der Waals surface area contributed by atoms with Crippen molar-refractivity contribution in [2.45, 2.75) is 187 Å². The molecule has 0 rings (SSSR count). The van der Waals surface area contributed by atoms with E-state index in [1.165, 1.54) is 173 Å². The van der Waals surface area contributed by atoms with Gasteiger partial charge in [0.2, 0.25) is 0 Å². The number of rotatable bonds is 28. The van der Waals surface area contributed by atoms with Crippen LogP contribution in [0.2, 0.25) is 0 Å². The quantitative estimate of drug-likeness (QED) is 0.0875. The standard InChI is InChI=1S/C30H62O.Ca/c1-2-3-4-5-6-7-8-9-10-11-12-13-14-15-16-17-18-19-20-21-22-23-24-25-26-27-28-29-30-31;/h31H,2-30H2,1H3;. The summed E-state index contributed by atoms with van der Waals surface area (Å²) >= 11 is 0. The molecule has 0 saturated heterocycles. The van der Waals surface area contributed by atoms with Crippen LogP contribution >= 0.6 is 0 Å². The van der Waals surface area contributed by atoms with E-state index in [-0.39, 0.29) is 37.7 Å². The monoisotopic (exact) mass is 478 g/mol. The van der Waals surface area contributed by atoms with E-state index in [1.54, 1.807) is 0 Å². The largest absolute Gasteiger partial charge is 0.396 e. The summed E-state index contributed by atoms with van der Waals surface area (Å²) in [7, 11) is 0. The first-order valence-electron chi connectivity index (χ1n) is 15.0. The molecule has 0 saturated carbocycles. The van der Waals surface area contributed by atoms with E-state index in [0.717, 1.165) is 6.42 Å². The molecule has 0 aliphatic carbocycles. The third-order valence-electron chi connectivity index (χ3n) is 7.01. The number of unbranched alkanes of at least 4 members (excludes halogenated alkanes) is 27. The first-order chi connectivity index (χ1) is 15.4. The summed E-state index contributed by atoms with van der Waals surface area (Å²) < 4.78 is 0. The minimum atomic E-state index is 0. The van der Waals surface area contributed by atoms with Crippen LogP contribution in [0, 0.1) is 0 Å². The zero-order valence-electron chi connectivity index (χ0n) is 22.7. The van der Waals surface area contributed by atoms with Crippen molar-refractivity contribution in [1.82, 2.24) is 0 Å². The third-order valence-corrected chi connectivity index (χ3v) is 7.01. The Kier molecular flexibility index (Phi) is 38.0. The summed E-state index contributed by atoms with van der Waals surface area (Å²) in [5.74, 6) is 0. The summed E-state index contributed by atoms with van der Waals surface area (Å²) in [6, 6.07) is 0. The van der Waals surface area contributed by atoms with E-state index in [0.29, 0.717) is 6.61 Å². The molecule has 0 aromatic heterocycles. The molecule has 190 valence electrons. The van der Waals surface area contributed by atoms with Gasteiger partial charge in [-0.1, -0.05) is 180 Å². The fraction of sp³-hybridized carbons (Fsp3) is 1.00. The Bertz CT molecular complexity index is 267. The molecule has 0 aliphatic rings. The molecule has 0 spiro atoms. The molecule has 32 heavy (non-hydrogen) atoms. The number of aliphatic hydroxyl groups excluding tert-OH is 1. The first kappa shape index (κ1) is 35.4. The van der Waals surface area contributed by atoms with Crippen molar-refractivity contribution in [3.8, 4) is 0 Å². The molecule has 2 heteroatoms. The predicted octanol–water partition coefficient (Wildman–Crippen LogP) is 10.5. The molecule has 1 nitrogen and oxygen atoms in total. The van der Waals surface area contributed by atoms with E-state index >= 15 is 0 Å². The van der Waals surface area contributed by atoms with Crippen LogP contribution in [0.15, 0.2) is 0 Å². The summed E-state index contributed by atoms with van der Waals surface area (Å²) in [5.41, 5.74) is 0. The van der Waals surface area contributed by atoms with Gasteiger partial charge >= 0.3 is 0 Å². The van der Waals surface area contributed by atoms with Crippen LogP contribution < -0.4 is 0 Å². The van der Waals surface area contributed by atoms with Crippen LogP contribution in [-0.4, -0.2) is 49.5 Å². The van der Waals surface area contributed by atoms with E-state index in [2.05, 4.69) is 6.92 Å². The van der Waals surface area contributed by atoms with Crippen molar-refractivity contribution in [2.75, 3.05) is 6.61 Å². The maximum Gasteiger partial charge on any atom is 0.0431 e. The van der Waals surface area contributed by atoms with Gasteiger partial charge in [-0.2, -0.15) is 0 Å². The fourth-order valence-corrected chi connectivity index (χ4v) is 4.78. The first-order valence-corrected chi connectivity index (χ1v) is 15.0. The molecular weight excluding hydrogens is 416 g/mol. The molecular formula is C30H62CaO. The van der Waals surface area contributed by atoms with Crippen LogP contribution in [0.25, 0.3) is 0 Å². The Labute approximate surface area is 234 Å². The van der Waals surface area contributed by atoms with Gasteiger partial charge in [0.15, 0.2) is 0 Å². The second-order valence-electron chi connectivity index (χ2n) is 10.3. The van der Waals surface area contributed by atoms with E-state index in [4.69, 9.17) is 5.11 Å². The second-order valence-corrected chi connectivity index (χ2v) is 10.3. The molecule has 0 aliphatic heterocycles. The van der Waals surface area contributed by atoms with Crippen molar-refractivity contribution in [3.63, 3.8) is 0 Å². The van der Waals surface area contributed by atoms with Crippen molar-refractivity contribution < 1.29 is 5.11 Å². The second kappa shape index (κ2) is 34.4. The normalized spacial score (nSPS) is 11.1. The zero-order chi connectivity index (χ0) is 22.5. The number of aliphatic hydroxyl groups is 1. The minimum Gasteiger partial charge on any atom is -0.396 e. The maximum absolute atomic E-state index is 8.76. The van der Waals surface area contributed by atoms with Crippen molar-refractivity contribution in [3.05, 3.63) is 0 Å². The Morgan fingerprint density at radius 1 is 0.281 bits per heavy atom. The zero-order valence-corrected chi connectivity index (χ0v) is 24.9. The predicted molar refractivity (Wildman–Crippen MR) is 148 cm³/mol. The average Bonchev–Trinajstić information content (AvgIpc) is 2.78. The van der Waals surface area contributed by atoms with Crippen LogP contribution in [0.4, 0.5) is 0 Å². The Morgan fingerprint density at radius 3 is 0.594 bits per heavy atom. The summed E-state index contributed by atoms with van der Waals surface area (Å²) in [6.07, 6.45) is 40.1. The number of hydrogen-bond acceptors (Lipinski definition) is 1.